The Bertz CT molecular complexity index is 1130. The summed E-state index contributed by atoms with van der Waals surface area (Å²) in [6, 6.07) is 18.6. The van der Waals surface area contributed by atoms with Gasteiger partial charge in [-0.15, -0.1) is 0 Å². The molecule has 2 bridgehead atoms. The van der Waals surface area contributed by atoms with E-state index in [4.69, 9.17) is 4.74 Å². The molecule has 0 spiro atoms. The summed E-state index contributed by atoms with van der Waals surface area (Å²) in [5.41, 5.74) is 4.76. The van der Waals surface area contributed by atoms with E-state index in [0.29, 0.717) is 19.4 Å². The number of carbonyl (C=O) groups excluding carboxylic acids is 1. The molecule has 1 amide bonds. The van der Waals surface area contributed by atoms with Crippen LogP contribution in [0.25, 0.3) is 11.1 Å². The molecular formula is C26H27N3O3. The lowest BCUT2D eigenvalue weighted by Gasteiger charge is -2.43. The zero-order valence-corrected chi connectivity index (χ0v) is 18.1. The highest BCUT2D eigenvalue weighted by atomic mass is 16.6. The Labute approximate surface area is 187 Å². The number of fused-ring (bicyclic) bond motifs is 5. The monoisotopic (exact) mass is 429 g/mol. The van der Waals surface area contributed by atoms with Crippen LogP contribution in [0.2, 0.25) is 0 Å². The summed E-state index contributed by atoms with van der Waals surface area (Å²) in [7, 11) is 1.85. The average molecular weight is 430 g/mol. The van der Waals surface area contributed by atoms with Crippen LogP contribution in [0, 0.1) is 0 Å². The van der Waals surface area contributed by atoms with E-state index in [2.05, 4.69) is 41.5 Å². The van der Waals surface area contributed by atoms with Crippen molar-refractivity contribution in [3.05, 3.63) is 77.6 Å². The summed E-state index contributed by atoms with van der Waals surface area (Å²) >= 11 is 0. The Hall–Kier alpha value is -3.12. The second kappa shape index (κ2) is 7.20. The van der Waals surface area contributed by atoms with Crippen molar-refractivity contribution in [1.82, 2.24) is 14.7 Å². The topological polar surface area (TPSA) is 67.6 Å². The first kappa shape index (κ1) is 19.6. The highest BCUT2D eigenvalue weighted by Gasteiger charge is 2.51. The minimum Gasteiger partial charge on any atom is -0.448 e. The number of carbonyl (C=O) groups is 1. The summed E-state index contributed by atoms with van der Waals surface area (Å²) in [6.07, 6.45) is 4.30. The van der Waals surface area contributed by atoms with Gasteiger partial charge in [-0.1, -0.05) is 48.5 Å². The third-order valence-corrected chi connectivity index (χ3v) is 7.61. The fourth-order valence-electron chi connectivity index (χ4n) is 6.23. The molecule has 1 aliphatic carbocycles. The molecule has 2 fully saturated rings. The van der Waals surface area contributed by atoms with Crippen LogP contribution < -0.4 is 0 Å². The molecule has 6 heteroatoms. The van der Waals surface area contributed by atoms with Gasteiger partial charge in [0.25, 0.3) is 0 Å². The molecule has 2 saturated heterocycles. The Kier molecular flexibility index (Phi) is 4.40. The molecule has 6 rings (SSSR count). The standard InChI is InChI=1S/C26H27N3O3/c1-28-24(12-13-27-28)26(31)14-17-10-11-18(15-26)29(17)25(30)32-16-23-21-8-4-2-6-19(21)20-7-3-5-9-22(20)23/h2-9,12-13,17-18,23,31H,10-11,14-16H2,1H3/t17-,18+,26?. The Morgan fingerprint density at radius 3 is 2.19 bits per heavy atom. The number of amides is 1. The first-order chi connectivity index (χ1) is 15.5. The number of rotatable bonds is 3. The molecule has 3 aromatic rings. The van der Waals surface area contributed by atoms with Crippen LogP contribution in [0.4, 0.5) is 4.79 Å². The molecular weight excluding hydrogens is 402 g/mol. The largest absolute Gasteiger partial charge is 0.448 e. The summed E-state index contributed by atoms with van der Waals surface area (Å²) in [6.45, 7) is 0.328. The number of hydrogen-bond donors (Lipinski definition) is 1. The van der Waals surface area contributed by atoms with E-state index in [9.17, 15) is 9.90 Å². The Morgan fingerprint density at radius 1 is 1.03 bits per heavy atom. The highest BCUT2D eigenvalue weighted by Crippen LogP contribution is 2.47. The molecule has 32 heavy (non-hydrogen) atoms. The molecule has 2 aliphatic heterocycles. The van der Waals surface area contributed by atoms with Crippen molar-refractivity contribution >= 4 is 6.09 Å². The van der Waals surface area contributed by atoms with E-state index < -0.39 is 5.60 Å². The number of ether oxygens (including phenoxy) is 1. The maximum absolute atomic E-state index is 13.2. The van der Waals surface area contributed by atoms with Crippen molar-refractivity contribution in [1.29, 1.82) is 0 Å². The summed E-state index contributed by atoms with van der Waals surface area (Å²) in [4.78, 5) is 15.1. The van der Waals surface area contributed by atoms with E-state index in [1.54, 1.807) is 10.9 Å². The molecule has 3 atom stereocenters. The minimum atomic E-state index is -0.947. The number of aryl methyl sites for hydroxylation is 1. The van der Waals surface area contributed by atoms with Gasteiger partial charge in [-0.25, -0.2) is 4.79 Å². The van der Waals surface area contributed by atoms with E-state index in [1.807, 2.05) is 30.1 Å². The quantitative estimate of drug-likeness (QED) is 0.678. The zero-order chi connectivity index (χ0) is 21.9. The predicted molar refractivity (Wildman–Crippen MR) is 120 cm³/mol. The number of aromatic nitrogens is 2. The molecule has 1 aromatic heterocycles. The van der Waals surface area contributed by atoms with Gasteiger partial charge in [0.1, 0.15) is 12.2 Å². The van der Waals surface area contributed by atoms with Crippen molar-refractivity contribution in [2.24, 2.45) is 7.05 Å². The van der Waals surface area contributed by atoms with Crippen molar-refractivity contribution < 1.29 is 14.6 Å². The van der Waals surface area contributed by atoms with Gasteiger partial charge < -0.3 is 14.7 Å². The summed E-state index contributed by atoms with van der Waals surface area (Å²) < 4.78 is 7.67. The van der Waals surface area contributed by atoms with Crippen molar-refractivity contribution in [3.63, 3.8) is 0 Å². The summed E-state index contributed by atoms with van der Waals surface area (Å²) in [5, 5.41) is 15.6. The van der Waals surface area contributed by atoms with E-state index in [1.165, 1.54) is 22.3 Å². The van der Waals surface area contributed by atoms with Crippen LogP contribution in [0.3, 0.4) is 0 Å². The number of hydrogen-bond acceptors (Lipinski definition) is 4. The van der Waals surface area contributed by atoms with Gasteiger partial charge in [0.2, 0.25) is 0 Å². The summed E-state index contributed by atoms with van der Waals surface area (Å²) in [5.74, 6) is 0.0557. The maximum Gasteiger partial charge on any atom is 0.410 e. The van der Waals surface area contributed by atoms with Gasteiger partial charge in [-0.3, -0.25) is 4.68 Å². The van der Waals surface area contributed by atoms with Crippen molar-refractivity contribution in [2.75, 3.05) is 6.61 Å². The second-order valence-electron chi connectivity index (χ2n) is 9.38. The molecule has 0 radical (unpaired) electrons. The van der Waals surface area contributed by atoms with Gasteiger partial charge in [0.15, 0.2) is 0 Å². The van der Waals surface area contributed by atoms with Gasteiger partial charge in [0, 0.05) is 44.1 Å². The smallest absolute Gasteiger partial charge is 0.410 e. The molecule has 6 nitrogen and oxygen atoms in total. The number of piperidine rings is 1. The third kappa shape index (κ3) is 2.89. The van der Waals surface area contributed by atoms with Crippen LogP contribution in [0.15, 0.2) is 60.8 Å². The molecule has 1 unspecified atom stereocenters. The number of aliphatic hydroxyl groups is 1. The Balaban J connectivity index is 1.19. The van der Waals surface area contributed by atoms with Gasteiger partial charge in [-0.05, 0) is 41.2 Å². The molecule has 164 valence electrons. The lowest BCUT2D eigenvalue weighted by molar-refractivity contribution is -0.0580. The molecule has 3 heterocycles. The zero-order valence-electron chi connectivity index (χ0n) is 18.1. The third-order valence-electron chi connectivity index (χ3n) is 7.61. The first-order valence-corrected chi connectivity index (χ1v) is 11.4. The van der Waals surface area contributed by atoms with E-state index in [-0.39, 0.29) is 24.1 Å². The SMILES string of the molecule is Cn1nccc1C1(O)C[C@H]2CC[C@@H](C1)N2C(=O)OCC1c2ccccc2-c2ccccc21. The lowest BCUT2D eigenvalue weighted by atomic mass is 9.83. The second-order valence-corrected chi connectivity index (χ2v) is 9.38. The van der Waals surface area contributed by atoms with Gasteiger partial charge >= 0.3 is 6.09 Å². The van der Waals surface area contributed by atoms with Crippen LogP contribution in [-0.4, -0.2) is 44.6 Å². The first-order valence-electron chi connectivity index (χ1n) is 11.4. The van der Waals surface area contributed by atoms with Crippen LogP contribution in [0.1, 0.15) is 48.4 Å². The number of nitrogens with zero attached hydrogens (tertiary/aromatic N) is 3. The Morgan fingerprint density at radius 2 is 1.62 bits per heavy atom. The maximum atomic E-state index is 13.2. The molecule has 2 aromatic carbocycles. The van der Waals surface area contributed by atoms with Gasteiger partial charge in [0.05, 0.1) is 5.69 Å². The van der Waals surface area contributed by atoms with Gasteiger partial charge in [-0.2, -0.15) is 5.10 Å². The molecule has 3 aliphatic rings. The number of benzene rings is 2. The lowest BCUT2D eigenvalue weighted by Crippen LogP contribution is -2.52. The highest BCUT2D eigenvalue weighted by molar-refractivity contribution is 5.79. The van der Waals surface area contributed by atoms with E-state index in [0.717, 1.165) is 18.5 Å². The van der Waals surface area contributed by atoms with Crippen LogP contribution in [0.5, 0.6) is 0 Å². The van der Waals surface area contributed by atoms with E-state index >= 15 is 0 Å². The molecule has 1 N–H and O–H groups in total. The van der Waals surface area contributed by atoms with Crippen LogP contribution >= 0.6 is 0 Å². The van der Waals surface area contributed by atoms with Crippen molar-refractivity contribution in [2.45, 2.75) is 49.3 Å². The average Bonchev–Trinajstić information content (AvgIpc) is 3.45. The normalized spacial score (nSPS) is 26.1. The van der Waals surface area contributed by atoms with Crippen molar-refractivity contribution in [3.8, 4) is 11.1 Å². The molecule has 0 saturated carbocycles. The minimum absolute atomic E-state index is 0.00991. The fourth-order valence-corrected chi connectivity index (χ4v) is 6.23. The fraction of sp³-hybridized carbons (Fsp3) is 0.385. The van der Waals surface area contributed by atoms with Crippen LogP contribution in [-0.2, 0) is 17.4 Å². The predicted octanol–water partition coefficient (Wildman–Crippen LogP) is 4.18.